The van der Waals surface area contributed by atoms with Crippen molar-refractivity contribution >= 4 is 62.9 Å². The molecule has 3 amide bonds. The van der Waals surface area contributed by atoms with E-state index in [0.717, 1.165) is 114 Å². The molecule has 14 heteroatoms. The van der Waals surface area contributed by atoms with Gasteiger partial charge in [-0.1, -0.05) is 44.4 Å². The second-order valence-corrected chi connectivity index (χ2v) is 18.6. The van der Waals surface area contributed by atoms with Gasteiger partial charge in [0.2, 0.25) is 11.8 Å². The second kappa shape index (κ2) is 18.4. The Hall–Kier alpha value is -6.93. The summed E-state index contributed by atoms with van der Waals surface area (Å²) in [5, 5.41) is 17.2. The van der Waals surface area contributed by atoms with Gasteiger partial charge in [-0.25, -0.2) is 9.78 Å². The van der Waals surface area contributed by atoms with E-state index >= 15 is 0 Å². The van der Waals surface area contributed by atoms with E-state index in [-0.39, 0.29) is 24.3 Å². The number of hydrogen-bond donors (Lipinski definition) is 3. The minimum absolute atomic E-state index is 0.111. The highest BCUT2D eigenvalue weighted by atomic mass is 16.4. The van der Waals surface area contributed by atoms with Gasteiger partial charge in [0.15, 0.2) is 0 Å². The number of likely N-dealkylation sites (N-methyl/N-ethyl adjacent to an activating group) is 1. The van der Waals surface area contributed by atoms with Crippen LogP contribution in [0.1, 0.15) is 91.4 Å². The first-order valence-electron chi connectivity index (χ1n) is 23.9. The molecule has 3 aromatic carbocycles. The third-order valence-electron chi connectivity index (χ3n) is 14.6. The summed E-state index contributed by atoms with van der Waals surface area (Å²) < 4.78 is 2.39. The summed E-state index contributed by atoms with van der Waals surface area (Å²) in [6, 6.07) is 21.4. The quantitative estimate of drug-likeness (QED) is 0.108. The van der Waals surface area contributed by atoms with Crippen LogP contribution in [0.2, 0.25) is 0 Å². The second-order valence-electron chi connectivity index (χ2n) is 18.6. The van der Waals surface area contributed by atoms with Crippen LogP contribution in [0.3, 0.4) is 0 Å². The number of benzene rings is 3. The number of rotatable bonds is 11. The maximum atomic E-state index is 14.4. The summed E-state index contributed by atoms with van der Waals surface area (Å²) in [7, 11) is 0. The molecule has 0 bridgehead atoms. The first kappa shape index (κ1) is 43.9. The number of carboxylic acids is 1. The first-order chi connectivity index (χ1) is 32.6. The molecular weight excluding hydrogens is 843 g/mol. The van der Waals surface area contributed by atoms with E-state index in [1.165, 1.54) is 18.1 Å². The van der Waals surface area contributed by atoms with Crippen molar-refractivity contribution in [3.8, 4) is 22.6 Å². The Morgan fingerprint density at radius 1 is 0.836 bits per heavy atom. The molecule has 2 saturated carbocycles. The van der Waals surface area contributed by atoms with Crippen LogP contribution >= 0.6 is 0 Å². The number of nitrogens with zero attached hydrogens (tertiary/aromatic N) is 7. The summed E-state index contributed by atoms with van der Waals surface area (Å²) in [5.41, 5.74) is 9.21. The number of carbonyl (C=O) groups is 4. The number of fused-ring (bicyclic) bond motifs is 7. The van der Waals surface area contributed by atoms with Crippen molar-refractivity contribution in [1.82, 2.24) is 34.6 Å². The summed E-state index contributed by atoms with van der Waals surface area (Å²) >= 11 is 0. The molecule has 0 spiro atoms. The zero-order valence-corrected chi connectivity index (χ0v) is 38.3. The van der Waals surface area contributed by atoms with Crippen molar-refractivity contribution in [2.24, 2.45) is 0 Å². The van der Waals surface area contributed by atoms with E-state index in [4.69, 9.17) is 10.1 Å². The number of pyridine rings is 1. The number of piperazine rings is 1. The summed E-state index contributed by atoms with van der Waals surface area (Å²) in [4.78, 5) is 74.5. The highest BCUT2D eigenvalue weighted by Crippen LogP contribution is 2.49. The van der Waals surface area contributed by atoms with Crippen LogP contribution in [0.15, 0.2) is 85.2 Å². The lowest BCUT2D eigenvalue weighted by molar-refractivity contribution is -0.132. The van der Waals surface area contributed by atoms with Crippen molar-refractivity contribution in [1.29, 1.82) is 0 Å². The van der Waals surface area contributed by atoms with Crippen molar-refractivity contribution in [2.75, 3.05) is 56.0 Å². The molecule has 0 unspecified atom stereocenters. The molecule has 0 atom stereocenters. The summed E-state index contributed by atoms with van der Waals surface area (Å²) in [6.07, 6.45) is 13.4. The predicted molar refractivity (Wildman–Crippen MR) is 261 cm³/mol. The van der Waals surface area contributed by atoms with E-state index < -0.39 is 11.5 Å². The van der Waals surface area contributed by atoms with Crippen LogP contribution in [0, 0.1) is 6.92 Å². The number of hydrogen-bond acceptors (Lipinski definition) is 9. The normalized spacial score (nSPS) is 17.5. The highest BCUT2D eigenvalue weighted by molar-refractivity contribution is 6.08. The molecule has 2 aliphatic carbocycles. The molecular formula is C53H57N9O5. The largest absolute Gasteiger partial charge is 0.478 e. The Kier molecular flexibility index (Phi) is 12.1. The number of aliphatic carboxylic acids is 1. The molecule has 3 N–H and O–H groups in total. The average molecular weight is 900 g/mol. The van der Waals surface area contributed by atoms with Crippen LogP contribution < -0.4 is 15.5 Å². The molecule has 4 aliphatic rings. The Bertz CT molecular complexity index is 2920. The number of carbonyl (C=O) groups excluding carboxylic acids is 3. The van der Waals surface area contributed by atoms with Gasteiger partial charge in [0.1, 0.15) is 11.2 Å². The van der Waals surface area contributed by atoms with Gasteiger partial charge in [-0.3, -0.25) is 24.4 Å². The van der Waals surface area contributed by atoms with Gasteiger partial charge in [0.05, 0.1) is 34.8 Å². The fourth-order valence-corrected chi connectivity index (χ4v) is 10.7. The van der Waals surface area contributed by atoms with Crippen molar-refractivity contribution in [2.45, 2.75) is 83.2 Å². The molecule has 0 radical (unpaired) electrons. The Labute approximate surface area is 390 Å². The lowest BCUT2D eigenvalue weighted by atomic mass is 9.75. The standard InChI is InChI=1S/C53H57N9O5/c1-3-59-26-28-60(29-27-59)45(63)33-61-30-31-62-44-32-37(51(66)58-53(22-7-23-53)52(67)56-38-14-10-35(11-15-38)12-21-46(64)65)13-16-40(44)47(36-8-5-4-6-9-36)50(62)41-18-19-42-39(49(41)61)17-20-43(57-42)48-34(2)54-24-25-55-48/h10-21,24-25,32,36H,3-9,22-23,26-31,33H2,1-2H3,(H,56,67)(H,58,66)(H,64,65)/b21-12+. The Balaban J connectivity index is 1.03. The van der Waals surface area contributed by atoms with Crippen molar-refractivity contribution in [3.63, 3.8) is 0 Å². The molecule has 14 nitrogen and oxygen atoms in total. The van der Waals surface area contributed by atoms with Gasteiger partial charge < -0.3 is 35.0 Å². The third-order valence-corrected chi connectivity index (χ3v) is 14.6. The highest BCUT2D eigenvalue weighted by Gasteiger charge is 2.46. The van der Waals surface area contributed by atoms with Crippen LogP contribution in [-0.4, -0.2) is 109 Å². The van der Waals surface area contributed by atoms with E-state index in [9.17, 15) is 19.2 Å². The Morgan fingerprint density at radius 3 is 2.31 bits per heavy atom. The molecule has 3 fully saturated rings. The number of anilines is 2. The number of aromatic nitrogens is 4. The molecule has 344 valence electrons. The van der Waals surface area contributed by atoms with Gasteiger partial charge in [-0.2, -0.15) is 0 Å². The average Bonchev–Trinajstić information content (AvgIpc) is 3.57. The lowest BCUT2D eigenvalue weighted by Crippen LogP contribution is -2.61. The van der Waals surface area contributed by atoms with Crippen LogP contribution in [0.5, 0.6) is 0 Å². The zero-order valence-electron chi connectivity index (χ0n) is 38.3. The predicted octanol–water partition coefficient (Wildman–Crippen LogP) is 8.04. The molecule has 5 heterocycles. The fraction of sp³-hybridized carbons (Fsp3) is 0.377. The van der Waals surface area contributed by atoms with Crippen molar-refractivity contribution in [3.05, 3.63) is 108 Å². The fourth-order valence-electron chi connectivity index (χ4n) is 10.7. The van der Waals surface area contributed by atoms with Gasteiger partial charge in [-0.15, -0.1) is 0 Å². The Morgan fingerprint density at radius 2 is 1.60 bits per heavy atom. The van der Waals surface area contributed by atoms with Crippen molar-refractivity contribution < 1.29 is 24.3 Å². The maximum absolute atomic E-state index is 14.4. The number of carboxylic acid groups (broad SMARTS) is 1. The van der Waals surface area contributed by atoms with Crippen LogP contribution in [-0.2, 0) is 20.9 Å². The summed E-state index contributed by atoms with van der Waals surface area (Å²) in [5.74, 6) is -1.19. The molecule has 6 aromatic rings. The molecule has 2 aliphatic heterocycles. The minimum atomic E-state index is -1.06. The van der Waals surface area contributed by atoms with E-state index in [2.05, 4.69) is 66.2 Å². The van der Waals surface area contributed by atoms with Gasteiger partial charge in [-0.05, 0) is 117 Å². The zero-order chi connectivity index (χ0) is 46.2. The number of amides is 3. The molecule has 1 saturated heterocycles. The molecule has 10 rings (SSSR count). The lowest BCUT2D eigenvalue weighted by Gasteiger charge is -2.40. The van der Waals surface area contributed by atoms with Gasteiger partial charge in [0.25, 0.3) is 5.91 Å². The third kappa shape index (κ3) is 8.54. The molecule has 3 aromatic heterocycles. The van der Waals surface area contributed by atoms with Crippen LogP contribution in [0.4, 0.5) is 11.4 Å². The smallest absolute Gasteiger partial charge is 0.328 e. The minimum Gasteiger partial charge on any atom is -0.478 e. The van der Waals surface area contributed by atoms with Gasteiger partial charge >= 0.3 is 5.97 Å². The monoisotopic (exact) mass is 899 g/mol. The topological polar surface area (TPSA) is 166 Å². The SMILES string of the molecule is CCN1CCN(C(=O)CN2CCn3c(c(C4CCCCC4)c4ccc(C(=O)NC5(C(=O)Nc6ccc(/C=C/C(=O)O)cc6)CCC5)cc43)-c3ccc4nc(-c5nccnc5C)ccc4c32)CC1. The molecule has 67 heavy (non-hydrogen) atoms. The number of nitrogens with one attached hydrogen (secondary N) is 2. The van der Waals surface area contributed by atoms with Gasteiger partial charge in [0, 0.05) is 90.8 Å². The van der Waals surface area contributed by atoms with E-state index in [0.29, 0.717) is 61.8 Å². The van der Waals surface area contributed by atoms with E-state index in [1.807, 2.05) is 30.0 Å². The number of aryl methyl sites for hydroxylation is 1. The first-order valence-corrected chi connectivity index (χ1v) is 23.9. The van der Waals surface area contributed by atoms with E-state index in [1.54, 1.807) is 36.7 Å². The summed E-state index contributed by atoms with van der Waals surface area (Å²) in [6.45, 7) is 9.61. The maximum Gasteiger partial charge on any atom is 0.328 e. The van der Waals surface area contributed by atoms with Crippen LogP contribution in [0.25, 0.3) is 50.5 Å².